The number of halogens is 1. The van der Waals surface area contributed by atoms with Crippen LogP contribution < -0.4 is 10.6 Å². The molecule has 17 heavy (non-hydrogen) atoms. The summed E-state index contributed by atoms with van der Waals surface area (Å²) in [6, 6.07) is 0.0748. The fraction of sp³-hybridized carbons (Fsp3) is 0.636. The van der Waals surface area contributed by atoms with Crippen molar-refractivity contribution in [2.75, 3.05) is 23.8 Å². The molecule has 5 nitrogen and oxygen atoms in total. The first-order chi connectivity index (χ1) is 8.22. The third-order valence-corrected chi connectivity index (χ3v) is 3.31. The number of anilines is 2. The average Bonchev–Trinajstić information content (AvgIpc) is 2.57. The first-order valence-electron chi connectivity index (χ1n) is 5.88. The van der Waals surface area contributed by atoms with Gasteiger partial charge in [0.15, 0.2) is 5.82 Å². The summed E-state index contributed by atoms with van der Waals surface area (Å²) in [5.74, 6) is 0.644. The van der Waals surface area contributed by atoms with E-state index in [0.717, 1.165) is 25.8 Å². The highest BCUT2D eigenvalue weighted by Crippen LogP contribution is 2.27. The van der Waals surface area contributed by atoms with E-state index in [-0.39, 0.29) is 17.9 Å². The lowest BCUT2D eigenvalue weighted by Gasteiger charge is -2.30. The second kappa shape index (κ2) is 5.51. The van der Waals surface area contributed by atoms with Crippen LogP contribution in [0.5, 0.6) is 0 Å². The van der Waals surface area contributed by atoms with Gasteiger partial charge in [-0.05, 0) is 24.4 Å². The van der Waals surface area contributed by atoms with Gasteiger partial charge in [0.25, 0.3) is 0 Å². The Hall–Kier alpha value is -1.07. The van der Waals surface area contributed by atoms with Crippen LogP contribution in [0.1, 0.15) is 25.7 Å². The van der Waals surface area contributed by atoms with Crippen LogP contribution in [-0.4, -0.2) is 34.3 Å². The van der Waals surface area contributed by atoms with Gasteiger partial charge in [-0.15, -0.1) is 0 Å². The van der Waals surface area contributed by atoms with Crippen molar-refractivity contribution in [2.45, 2.75) is 31.7 Å². The second-order valence-electron chi connectivity index (χ2n) is 4.30. The molecule has 0 amide bonds. The van der Waals surface area contributed by atoms with E-state index in [2.05, 4.69) is 14.9 Å². The Morgan fingerprint density at radius 3 is 3.06 bits per heavy atom. The molecule has 1 aliphatic rings. The Balaban J connectivity index is 2.31. The van der Waals surface area contributed by atoms with Gasteiger partial charge in [0, 0.05) is 6.54 Å². The van der Waals surface area contributed by atoms with Crippen molar-refractivity contribution in [1.29, 1.82) is 0 Å². The summed E-state index contributed by atoms with van der Waals surface area (Å²) in [7, 11) is 0. The summed E-state index contributed by atoms with van der Waals surface area (Å²) in [4.78, 5) is 10.1. The van der Waals surface area contributed by atoms with E-state index < -0.39 is 0 Å². The molecule has 0 saturated carbocycles. The van der Waals surface area contributed by atoms with Crippen LogP contribution in [0.25, 0.3) is 0 Å². The molecule has 6 heteroatoms. The van der Waals surface area contributed by atoms with Crippen molar-refractivity contribution < 1.29 is 5.11 Å². The van der Waals surface area contributed by atoms with Gasteiger partial charge in [-0.3, -0.25) is 0 Å². The minimum atomic E-state index is 0.0748. The summed E-state index contributed by atoms with van der Waals surface area (Å²) in [6.45, 7) is 0.962. The SMILES string of the molecule is Nc1cnc(Cl)nc1N1CCCCCC1CO. The number of hydrogen-bond acceptors (Lipinski definition) is 5. The summed E-state index contributed by atoms with van der Waals surface area (Å²) >= 11 is 5.80. The van der Waals surface area contributed by atoms with Gasteiger partial charge in [0.2, 0.25) is 5.28 Å². The van der Waals surface area contributed by atoms with Crippen molar-refractivity contribution in [1.82, 2.24) is 9.97 Å². The number of aromatic nitrogens is 2. The number of aliphatic hydroxyl groups is 1. The van der Waals surface area contributed by atoms with Crippen molar-refractivity contribution in [3.05, 3.63) is 11.5 Å². The summed E-state index contributed by atoms with van der Waals surface area (Å²) in [5, 5.41) is 9.64. The highest BCUT2D eigenvalue weighted by molar-refractivity contribution is 6.28. The second-order valence-corrected chi connectivity index (χ2v) is 4.64. The molecule has 94 valence electrons. The maximum absolute atomic E-state index is 9.45. The average molecular weight is 257 g/mol. The largest absolute Gasteiger partial charge is 0.394 e. The van der Waals surface area contributed by atoms with Crippen LogP contribution in [-0.2, 0) is 0 Å². The lowest BCUT2D eigenvalue weighted by atomic mass is 10.1. The topological polar surface area (TPSA) is 75.3 Å². The molecular weight excluding hydrogens is 240 g/mol. The van der Waals surface area contributed by atoms with E-state index >= 15 is 0 Å². The van der Waals surface area contributed by atoms with Gasteiger partial charge in [0.05, 0.1) is 24.5 Å². The molecule has 2 rings (SSSR count). The normalized spacial score (nSPS) is 21.3. The van der Waals surface area contributed by atoms with Gasteiger partial charge >= 0.3 is 0 Å². The Kier molecular flexibility index (Phi) is 4.02. The molecular formula is C11H17ClN4O. The highest BCUT2D eigenvalue weighted by atomic mass is 35.5. The molecule has 0 spiro atoms. The zero-order valence-electron chi connectivity index (χ0n) is 9.64. The molecule has 1 atom stereocenters. The number of hydrogen-bond donors (Lipinski definition) is 2. The molecule has 0 aromatic carbocycles. The standard InChI is InChI=1S/C11H17ClN4O/c12-11-14-6-9(13)10(15-11)16-5-3-1-2-4-8(16)7-17/h6,8,17H,1-5,7,13H2. The number of nitrogen functional groups attached to an aromatic ring is 1. The fourth-order valence-electron chi connectivity index (χ4n) is 2.24. The van der Waals surface area contributed by atoms with Crippen LogP contribution in [0.15, 0.2) is 6.20 Å². The summed E-state index contributed by atoms with van der Waals surface area (Å²) < 4.78 is 0. The van der Waals surface area contributed by atoms with Crippen molar-refractivity contribution in [3.63, 3.8) is 0 Å². The van der Waals surface area contributed by atoms with Crippen LogP contribution in [0, 0.1) is 0 Å². The van der Waals surface area contributed by atoms with E-state index in [4.69, 9.17) is 17.3 Å². The van der Waals surface area contributed by atoms with Gasteiger partial charge in [-0.2, -0.15) is 4.98 Å². The van der Waals surface area contributed by atoms with Crippen molar-refractivity contribution in [2.24, 2.45) is 0 Å². The number of nitrogens with zero attached hydrogens (tertiary/aromatic N) is 3. The van der Waals surface area contributed by atoms with E-state index in [0.29, 0.717) is 11.5 Å². The molecule has 1 aliphatic heterocycles. The maximum Gasteiger partial charge on any atom is 0.224 e. The molecule has 0 radical (unpaired) electrons. The number of rotatable bonds is 2. The molecule has 1 saturated heterocycles. The number of aliphatic hydroxyl groups excluding tert-OH is 1. The van der Waals surface area contributed by atoms with Gasteiger partial charge in [0.1, 0.15) is 0 Å². The Morgan fingerprint density at radius 1 is 1.47 bits per heavy atom. The minimum absolute atomic E-state index is 0.0748. The molecule has 1 aromatic rings. The molecule has 1 aromatic heterocycles. The zero-order valence-corrected chi connectivity index (χ0v) is 10.4. The monoisotopic (exact) mass is 256 g/mol. The lowest BCUT2D eigenvalue weighted by Crippen LogP contribution is -2.38. The third kappa shape index (κ3) is 2.79. The minimum Gasteiger partial charge on any atom is -0.394 e. The fourth-order valence-corrected chi connectivity index (χ4v) is 2.37. The van der Waals surface area contributed by atoms with Crippen molar-refractivity contribution in [3.8, 4) is 0 Å². The summed E-state index contributed by atoms with van der Waals surface area (Å²) in [6.07, 6.45) is 5.85. The van der Waals surface area contributed by atoms with Crippen LogP contribution in [0.2, 0.25) is 5.28 Å². The van der Waals surface area contributed by atoms with Gasteiger partial charge in [-0.1, -0.05) is 12.8 Å². The maximum atomic E-state index is 9.45. The van der Waals surface area contributed by atoms with Gasteiger partial charge in [-0.25, -0.2) is 4.98 Å². The number of nitrogens with two attached hydrogens (primary N) is 1. The molecule has 0 aliphatic carbocycles. The molecule has 3 N–H and O–H groups in total. The lowest BCUT2D eigenvalue weighted by molar-refractivity contribution is 0.254. The Bertz CT molecular complexity index is 388. The Morgan fingerprint density at radius 2 is 2.29 bits per heavy atom. The zero-order chi connectivity index (χ0) is 12.3. The predicted molar refractivity (Wildman–Crippen MR) is 68.1 cm³/mol. The quantitative estimate of drug-likeness (QED) is 0.784. The third-order valence-electron chi connectivity index (χ3n) is 3.13. The van der Waals surface area contributed by atoms with Crippen LogP contribution in [0.4, 0.5) is 11.5 Å². The van der Waals surface area contributed by atoms with Crippen LogP contribution >= 0.6 is 11.6 Å². The van der Waals surface area contributed by atoms with E-state index in [1.165, 1.54) is 12.6 Å². The molecule has 1 fully saturated rings. The van der Waals surface area contributed by atoms with E-state index in [1.54, 1.807) is 0 Å². The molecule has 2 heterocycles. The smallest absolute Gasteiger partial charge is 0.224 e. The molecule has 1 unspecified atom stereocenters. The van der Waals surface area contributed by atoms with Crippen LogP contribution in [0.3, 0.4) is 0 Å². The Labute approximate surface area is 106 Å². The van der Waals surface area contributed by atoms with Gasteiger partial charge < -0.3 is 15.7 Å². The molecule has 0 bridgehead atoms. The predicted octanol–water partition coefficient (Wildman–Crippen LogP) is 1.45. The van der Waals surface area contributed by atoms with E-state index in [1.807, 2.05) is 0 Å². The van der Waals surface area contributed by atoms with Crippen molar-refractivity contribution >= 4 is 23.1 Å². The van der Waals surface area contributed by atoms with E-state index in [9.17, 15) is 5.11 Å². The highest BCUT2D eigenvalue weighted by Gasteiger charge is 2.23. The first-order valence-corrected chi connectivity index (χ1v) is 6.25. The summed E-state index contributed by atoms with van der Waals surface area (Å²) in [5.41, 5.74) is 6.39. The first kappa shape index (κ1) is 12.4.